The van der Waals surface area contributed by atoms with Gasteiger partial charge in [0.2, 0.25) is 0 Å². The lowest BCUT2D eigenvalue weighted by Crippen LogP contribution is -2.27. The van der Waals surface area contributed by atoms with Crippen LogP contribution in [0.5, 0.6) is 0 Å². The Morgan fingerprint density at radius 2 is 2.22 bits per heavy atom. The quantitative estimate of drug-likeness (QED) is 0.883. The molecular formula is C12H10ClFN2OS. The van der Waals surface area contributed by atoms with Crippen molar-refractivity contribution in [2.45, 2.75) is 6.54 Å². The number of anilines is 1. The maximum atomic E-state index is 12.9. The summed E-state index contributed by atoms with van der Waals surface area (Å²) in [5.74, 6) is -0.513. The van der Waals surface area contributed by atoms with Crippen molar-refractivity contribution >= 4 is 34.7 Å². The molecule has 0 atom stereocenters. The summed E-state index contributed by atoms with van der Waals surface area (Å²) in [6.45, 7) is 0.457. The maximum Gasteiger partial charge on any atom is 0.319 e. The highest BCUT2D eigenvalue weighted by Crippen LogP contribution is 2.19. The lowest BCUT2D eigenvalue weighted by molar-refractivity contribution is 0.252. The van der Waals surface area contributed by atoms with Crippen molar-refractivity contribution in [2.24, 2.45) is 0 Å². The molecule has 1 aromatic heterocycles. The standard InChI is InChI=1S/C12H10ClFN2OS/c13-10-6-8(3-4-11(10)14)16-12(17)15-7-9-2-1-5-18-9/h1-6H,7H2,(H2,15,16,17). The van der Waals surface area contributed by atoms with Crippen molar-refractivity contribution in [1.29, 1.82) is 0 Å². The normalized spacial score (nSPS) is 10.1. The molecule has 0 fully saturated rings. The maximum absolute atomic E-state index is 12.9. The Bertz CT molecular complexity index is 545. The van der Waals surface area contributed by atoms with Gasteiger partial charge < -0.3 is 10.6 Å². The Morgan fingerprint density at radius 3 is 2.89 bits per heavy atom. The second-order valence-corrected chi connectivity index (χ2v) is 4.96. The zero-order chi connectivity index (χ0) is 13.0. The number of hydrogen-bond donors (Lipinski definition) is 2. The number of hydrogen-bond acceptors (Lipinski definition) is 2. The lowest BCUT2D eigenvalue weighted by atomic mass is 10.3. The van der Waals surface area contributed by atoms with E-state index in [0.717, 1.165) is 4.88 Å². The van der Waals surface area contributed by atoms with E-state index in [1.165, 1.54) is 18.2 Å². The van der Waals surface area contributed by atoms with Gasteiger partial charge in [0.25, 0.3) is 0 Å². The average molecular weight is 285 g/mol. The fraction of sp³-hybridized carbons (Fsp3) is 0.0833. The molecule has 0 spiro atoms. The van der Waals surface area contributed by atoms with E-state index in [-0.39, 0.29) is 11.1 Å². The van der Waals surface area contributed by atoms with Crippen LogP contribution in [0.2, 0.25) is 5.02 Å². The molecule has 2 amide bonds. The number of thiophene rings is 1. The van der Waals surface area contributed by atoms with E-state index >= 15 is 0 Å². The largest absolute Gasteiger partial charge is 0.333 e. The minimum atomic E-state index is -0.513. The molecule has 18 heavy (non-hydrogen) atoms. The molecule has 6 heteroatoms. The van der Waals surface area contributed by atoms with Crippen LogP contribution in [0.1, 0.15) is 4.88 Å². The third-order valence-electron chi connectivity index (χ3n) is 2.18. The van der Waals surface area contributed by atoms with Gasteiger partial charge in [0.05, 0.1) is 11.6 Å². The number of nitrogens with one attached hydrogen (secondary N) is 2. The minimum Gasteiger partial charge on any atom is -0.333 e. The monoisotopic (exact) mass is 284 g/mol. The van der Waals surface area contributed by atoms with E-state index in [0.29, 0.717) is 12.2 Å². The summed E-state index contributed by atoms with van der Waals surface area (Å²) in [7, 11) is 0. The number of benzene rings is 1. The van der Waals surface area contributed by atoms with Gasteiger partial charge >= 0.3 is 6.03 Å². The predicted octanol–water partition coefficient (Wildman–Crippen LogP) is 3.86. The fourth-order valence-electron chi connectivity index (χ4n) is 1.33. The smallest absolute Gasteiger partial charge is 0.319 e. The molecule has 0 aliphatic rings. The third kappa shape index (κ3) is 3.45. The van der Waals surface area contributed by atoms with Gasteiger partial charge in [0.15, 0.2) is 0 Å². The Labute approximate surface area is 113 Å². The van der Waals surface area contributed by atoms with Crippen molar-refractivity contribution in [3.8, 4) is 0 Å². The summed E-state index contributed by atoms with van der Waals surface area (Å²) >= 11 is 7.17. The molecule has 0 saturated carbocycles. The molecule has 0 unspecified atom stereocenters. The zero-order valence-electron chi connectivity index (χ0n) is 9.24. The molecule has 2 aromatic rings. The predicted molar refractivity (Wildman–Crippen MR) is 71.6 cm³/mol. The molecule has 2 N–H and O–H groups in total. The Morgan fingerprint density at radius 1 is 1.39 bits per heavy atom. The number of rotatable bonds is 3. The highest BCUT2D eigenvalue weighted by molar-refractivity contribution is 7.09. The first-order valence-corrected chi connectivity index (χ1v) is 6.43. The van der Waals surface area contributed by atoms with Gasteiger partial charge in [-0.25, -0.2) is 9.18 Å². The van der Waals surface area contributed by atoms with Gasteiger partial charge in [-0.3, -0.25) is 0 Å². The van der Waals surface area contributed by atoms with Crippen molar-refractivity contribution < 1.29 is 9.18 Å². The summed E-state index contributed by atoms with van der Waals surface area (Å²) in [5.41, 5.74) is 0.449. The van der Waals surface area contributed by atoms with Crippen LogP contribution < -0.4 is 10.6 Å². The average Bonchev–Trinajstić information content (AvgIpc) is 2.84. The molecule has 1 aromatic carbocycles. The first-order valence-electron chi connectivity index (χ1n) is 5.17. The van der Waals surface area contributed by atoms with Crippen LogP contribution in [0.15, 0.2) is 35.7 Å². The Hall–Kier alpha value is -1.59. The van der Waals surface area contributed by atoms with Crippen molar-refractivity contribution in [3.05, 3.63) is 51.4 Å². The van der Waals surface area contributed by atoms with Gasteiger partial charge in [-0.2, -0.15) is 0 Å². The summed E-state index contributed by atoms with van der Waals surface area (Å²) in [4.78, 5) is 12.6. The fourth-order valence-corrected chi connectivity index (χ4v) is 2.15. The molecule has 94 valence electrons. The summed E-state index contributed by atoms with van der Waals surface area (Å²) in [5, 5.41) is 7.18. The molecule has 0 aliphatic heterocycles. The van der Waals surface area contributed by atoms with Gasteiger partial charge in [0, 0.05) is 10.6 Å². The van der Waals surface area contributed by atoms with E-state index in [1.54, 1.807) is 11.3 Å². The Kier molecular flexibility index (Phi) is 4.17. The van der Waals surface area contributed by atoms with Crippen LogP contribution in [-0.4, -0.2) is 6.03 Å². The third-order valence-corrected chi connectivity index (χ3v) is 3.35. The summed E-state index contributed by atoms with van der Waals surface area (Å²) < 4.78 is 12.9. The van der Waals surface area contributed by atoms with Gasteiger partial charge in [0.1, 0.15) is 5.82 Å². The molecule has 0 radical (unpaired) electrons. The van der Waals surface area contributed by atoms with Gasteiger partial charge in [-0.1, -0.05) is 17.7 Å². The molecule has 2 rings (SSSR count). The highest BCUT2D eigenvalue weighted by Gasteiger charge is 2.05. The lowest BCUT2D eigenvalue weighted by Gasteiger charge is -2.07. The summed E-state index contributed by atoms with van der Waals surface area (Å²) in [6.07, 6.45) is 0. The first kappa shape index (κ1) is 12.9. The molecule has 1 heterocycles. The second-order valence-electron chi connectivity index (χ2n) is 3.52. The van der Waals surface area contributed by atoms with Gasteiger partial charge in [-0.05, 0) is 29.6 Å². The summed E-state index contributed by atoms with van der Waals surface area (Å²) in [6, 6.07) is 7.51. The highest BCUT2D eigenvalue weighted by atomic mass is 35.5. The van der Waals surface area contributed by atoms with E-state index in [9.17, 15) is 9.18 Å². The van der Waals surface area contributed by atoms with Crippen LogP contribution in [0.3, 0.4) is 0 Å². The van der Waals surface area contributed by atoms with Crippen molar-refractivity contribution in [2.75, 3.05) is 5.32 Å². The molecule has 0 bridgehead atoms. The minimum absolute atomic E-state index is 0.0222. The van der Waals surface area contributed by atoms with Crippen LogP contribution in [0, 0.1) is 5.82 Å². The SMILES string of the molecule is O=C(NCc1cccs1)Nc1ccc(F)c(Cl)c1. The second kappa shape index (κ2) is 5.84. The van der Waals surface area contributed by atoms with Crippen molar-refractivity contribution in [1.82, 2.24) is 5.32 Å². The number of amides is 2. The topological polar surface area (TPSA) is 41.1 Å². The van der Waals surface area contributed by atoms with Crippen molar-refractivity contribution in [3.63, 3.8) is 0 Å². The van der Waals surface area contributed by atoms with Gasteiger partial charge in [-0.15, -0.1) is 11.3 Å². The molecule has 0 saturated heterocycles. The number of carbonyl (C=O) groups excluding carboxylic acids is 1. The van der Waals surface area contributed by atoms with E-state index in [1.807, 2.05) is 17.5 Å². The number of carbonyl (C=O) groups is 1. The molecule has 3 nitrogen and oxygen atoms in total. The van der Waals surface area contributed by atoms with E-state index in [2.05, 4.69) is 10.6 Å². The molecular weight excluding hydrogens is 275 g/mol. The first-order chi connectivity index (χ1) is 8.65. The zero-order valence-corrected chi connectivity index (χ0v) is 10.8. The van der Waals surface area contributed by atoms with Crippen LogP contribution in [0.4, 0.5) is 14.9 Å². The Balaban J connectivity index is 1.88. The van der Waals surface area contributed by atoms with Crippen LogP contribution in [0.25, 0.3) is 0 Å². The number of urea groups is 1. The van der Waals surface area contributed by atoms with Crippen LogP contribution in [-0.2, 0) is 6.54 Å². The van der Waals surface area contributed by atoms with Crippen LogP contribution >= 0.6 is 22.9 Å². The molecule has 0 aliphatic carbocycles. The van der Waals surface area contributed by atoms with E-state index < -0.39 is 5.82 Å². The number of halogens is 2. The van der Waals surface area contributed by atoms with E-state index in [4.69, 9.17) is 11.6 Å².